The number of hydrogen-bond donors (Lipinski definition) is 0. The highest BCUT2D eigenvalue weighted by Gasteiger charge is 2.00. The Hall–Kier alpha value is -0.760. The molecule has 0 saturated carbocycles. The summed E-state index contributed by atoms with van der Waals surface area (Å²) in [6.45, 7) is 1.92. The van der Waals surface area contributed by atoms with Gasteiger partial charge in [0.15, 0.2) is 11.9 Å². The SMILES string of the molecule is CCc1cc(Cl)cc[n+]1[O-]. The summed E-state index contributed by atoms with van der Waals surface area (Å²) in [5.74, 6) is 0. The lowest BCUT2D eigenvalue weighted by Gasteiger charge is -2.00. The second-order valence-electron chi connectivity index (χ2n) is 2.02. The highest BCUT2D eigenvalue weighted by molar-refractivity contribution is 6.30. The van der Waals surface area contributed by atoms with E-state index >= 15 is 0 Å². The van der Waals surface area contributed by atoms with Crippen molar-refractivity contribution in [3.63, 3.8) is 0 Å². The quantitative estimate of drug-likeness (QED) is 0.449. The Labute approximate surface area is 64.6 Å². The summed E-state index contributed by atoms with van der Waals surface area (Å²) < 4.78 is 0.825. The van der Waals surface area contributed by atoms with Crippen molar-refractivity contribution in [2.24, 2.45) is 0 Å². The fraction of sp³-hybridized carbons (Fsp3) is 0.286. The molecule has 1 heterocycles. The summed E-state index contributed by atoms with van der Waals surface area (Å²) in [6, 6.07) is 3.25. The van der Waals surface area contributed by atoms with Crippen molar-refractivity contribution in [1.29, 1.82) is 0 Å². The van der Waals surface area contributed by atoms with E-state index in [2.05, 4.69) is 0 Å². The number of rotatable bonds is 1. The molecule has 0 aliphatic heterocycles. The molecule has 0 aliphatic rings. The van der Waals surface area contributed by atoms with Gasteiger partial charge in [0.2, 0.25) is 0 Å². The highest BCUT2D eigenvalue weighted by Crippen LogP contribution is 2.06. The van der Waals surface area contributed by atoms with Crippen LogP contribution in [0.15, 0.2) is 18.3 Å². The molecule has 0 spiro atoms. The molecule has 0 aromatic carbocycles. The molecule has 54 valence electrons. The Morgan fingerprint density at radius 1 is 1.70 bits per heavy atom. The van der Waals surface area contributed by atoms with Gasteiger partial charge in [-0.2, -0.15) is 4.73 Å². The highest BCUT2D eigenvalue weighted by atomic mass is 35.5. The lowest BCUT2D eigenvalue weighted by atomic mass is 10.3. The zero-order valence-electron chi connectivity index (χ0n) is 5.67. The summed E-state index contributed by atoms with van der Waals surface area (Å²) in [5.41, 5.74) is 0.701. The van der Waals surface area contributed by atoms with Crippen LogP contribution in [0, 0.1) is 5.21 Å². The monoisotopic (exact) mass is 157 g/mol. The minimum absolute atomic E-state index is 0.615. The number of halogens is 1. The van der Waals surface area contributed by atoms with Crippen molar-refractivity contribution in [2.75, 3.05) is 0 Å². The summed E-state index contributed by atoms with van der Waals surface area (Å²) >= 11 is 5.64. The van der Waals surface area contributed by atoms with E-state index in [-0.39, 0.29) is 0 Å². The molecule has 0 unspecified atom stereocenters. The second kappa shape index (κ2) is 2.88. The van der Waals surface area contributed by atoms with Gasteiger partial charge >= 0.3 is 0 Å². The van der Waals surface area contributed by atoms with Crippen LogP contribution in [0.3, 0.4) is 0 Å². The molecular weight excluding hydrogens is 150 g/mol. The van der Waals surface area contributed by atoms with Crippen LogP contribution in [0.4, 0.5) is 0 Å². The fourth-order valence-corrected chi connectivity index (χ4v) is 0.946. The summed E-state index contributed by atoms with van der Waals surface area (Å²) in [7, 11) is 0. The lowest BCUT2D eigenvalue weighted by Crippen LogP contribution is -2.30. The van der Waals surface area contributed by atoms with Crippen LogP contribution in [-0.4, -0.2) is 0 Å². The van der Waals surface area contributed by atoms with Crippen molar-refractivity contribution < 1.29 is 4.73 Å². The lowest BCUT2D eigenvalue weighted by molar-refractivity contribution is -0.613. The maximum Gasteiger partial charge on any atom is 0.193 e. The van der Waals surface area contributed by atoms with E-state index in [1.165, 1.54) is 6.20 Å². The van der Waals surface area contributed by atoms with Crippen molar-refractivity contribution in [3.8, 4) is 0 Å². The largest absolute Gasteiger partial charge is 0.619 e. The number of aromatic nitrogens is 1. The molecule has 10 heavy (non-hydrogen) atoms. The number of aryl methyl sites for hydroxylation is 1. The van der Waals surface area contributed by atoms with Crippen LogP contribution in [0.25, 0.3) is 0 Å². The molecule has 0 N–H and O–H groups in total. The van der Waals surface area contributed by atoms with Gasteiger partial charge in [-0.25, -0.2) is 0 Å². The van der Waals surface area contributed by atoms with Crippen LogP contribution < -0.4 is 4.73 Å². The van der Waals surface area contributed by atoms with Gasteiger partial charge in [-0.3, -0.25) is 0 Å². The standard InChI is InChI=1S/C7H8ClNO/c1-2-7-5-6(8)3-4-9(7)10/h3-5H,2H2,1H3. The third-order valence-corrected chi connectivity index (χ3v) is 1.55. The molecular formula is C7H8ClNO. The van der Waals surface area contributed by atoms with E-state index in [0.29, 0.717) is 17.1 Å². The molecule has 0 amide bonds. The van der Waals surface area contributed by atoms with Crippen molar-refractivity contribution >= 4 is 11.6 Å². The van der Waals surface area contributed by atoms with Gasteiger partial charge in [0, 0.05) is 18.6 Å². The van der Waals surface area contributed by atoms with Crippen LogP contribution in [-0.2, 0) is 6.42 Å². The number of hydrogen-bond acceptors (Lipinski definition) is 1. The summed E-state index contributed by atoms with van der Waals surface area (Å²) in [6.07, 6.45) is 2.13. The first-order valence-electron chi connectivity index (χ1n) is 3.11. The maximum absolute atomic E-state index is 10.9. The topological polar surface area (TPSA) is 26.9 Å². The molecule has 0 radical (unpaired) electrons. The molecule has 0 bridgehead atoms. The van der Waals surface area contributed by atoms with Crippen molar-refractivity contribution in [1.82, 2.24) is 0 Å². The predicted molar refractivity (Wildman–Crippen MR) is 39.8 cm³/mol. The second-order valence-corrected chi connectivity index (χ2v) is 2.45. The van der Waals surface area contributed by atoms with Gasteiger partial charge < -0.3 is 5.21 Å². The van der Waals surface area contributed by atoms with Crippen LogP contribution in [0.2, 0.25) is 5.02 Å². The molecule has 2 nitrogen and oxygen atoms in total. The Bertz CT molecular complexity index is 237. The van der Waals surface area contributed by atoms with Crippen molar-refractivity contribution in [3.05, 3.63) is 34.3 Å². The van der Waals surface area contributed by atoms with E-state index in [4.69, 9.17) is 11.6 Å². The first-order valence-corrected chi connectivity index (χ1v) is 3.49. The average Bonchev–Trinajstić information content (AvgIpc) is 1.94. The van der Waals surface area contributed by atoms with Gasteiger partial charge in [0.25, 0.3) is 0 Å². The molecule has 0 saturated heterocycles. The molecule has 1 aromatic rings. The minimum Gasteiger partial charge on any atom is -0.619 e. The van der Waals surface area contributed by atoms with E-state index in [1.54, 1.807) is 12.1 Å². The first kappa shape index (κ1) is 7.35. The van der Waals surface area contributed by atoms with E-state index in [9.17, 15) is 5.21 Å². The Kier molecular flexibility index (Phi) is 2.12. The summed E-state index contributed by atoms with van der Waals surface area (Å²) in [4.78, 5) is 0. The fourth-order valence-electron chi connectivity index (χ4n) is 0.763. The molecule has 0 atom stereocenters. The zero-order valence-corrected chi connectivity index (χ0v) is 6.43. The molecule has 1 rings (SSSR count). The van der Waals surface area contributed by atoms with Gasteiger partial charge in [0.05, 0.1) is 5.02 Å². The first-order chi connectivity index (χ1) is 4.74. The molecule has 0 aliphatic carbocycles. The number of nitrogens with zero attached hydrogens (tertiary/aromatic N) is 1. The van der Waals surface area contributed by atoms with Crippen LogP contribution in [0.5, 0.6) is 0 Å². The van der Waals surface area contributed by atoms with E-state index in [0.717, 1.165) is 4.73 Å². The molecule has 3 heteroatoms. The van der Waals surface area contributed by atoms with Crippen LogP contribution in [0.1, 0.15) is 12.6 Å². The minimum atomic E-state index is 0.615. The maximum atomic E-state index is 10.9. The third kappa shape index (κ3) is 1.39. The third-order valence-electron chi connectivity index (χ3n) is 1.32. The Balaban J connectivity index is 3.09. The van der Waals surface area contributed by atoms with Gasteiger partial charge in [-0.05, 0) is 0 Å². The summed E-state index contributed by atoms with van der Waals surface area (Å²) in [5, 5.41) is 11.5. The van der Waals surface area contributed by atoms with Gasteiger partial charge in [-0.1, -0.05) is 18.5 Å². The normalized spacial score (nSPS) is 9.80. The van der Waals surface area contributed by atoms with Crippen LogP contribution >= 0.6 is 11.6 Å². The van der Waals surface area contributed by atoms with Gasteiger partial charge in [-0.15, -0.1) is 0 Å². The molecule has 0 fully saturated rings. The Morgan fingerprint density at radius 3 is 2.90 bits per heavy atom. The van der Waals surface area contributed by atoms with Gasteiger partial charge in [0.1, 0.15) is 0 Å². The predicted octanol–water partition coefficient (Wildman–Crippen LogP) is 1.54. The zero-order chi connectivity index (χ0) is 7.56. The van der Waals surface area contributed by atoms with E-state index < -0.39 is 0 Å². The number of pyridine rings is 1. The average molecular weight is 158 g/mol. The van der Waals surface area contributed by atoms with Crippen molar-refractivity contribution in [2.45, 2.75) is 13.3 Å². The Morgan fingerprint density at radius 2 is 2.40 bits per heavy atom. The molecule has 1 aromatic heterocycles. The smallest absolute Gasteiger partial charge is 0.193 e. The van der Waals surface area contributed by atoms with E-state index in [1.807, 2.05) is 6.92 Å².